The summed E-state index contributed by atoms with van der Waals surface area (Å²) in [5.74, 6) is -1.20. The van der Waals surface area contributed by atoms with Crippen molar-refractivity contribution in [3.05, 3.63) is 60.1 Å². The van der Waals surface area contributed by atoms with Gasteiger partial charge in [-0.15, -0.1) is 0 Å². The summed E-state index contributed by atoms with van der Waals surface area (Å²) in [5.41, 5.74) is 0.962. The second kappa shape index (κ2) is 9.57. The van der Waals surface area contributed by atoms with Crippen LogP contribution in [0, 0.1) is 5.41 Å². The van der Waals surface area contributed by atoms with E-state index in [0.717, 1.165) is 23.3 Å². The van der Waals surface area contributed by atoms with Gasteiger partial charge in [0.15, 0.2) is 0 Å². The molecule has 0 radical (unpaired) electrons. The van der Waals surface area contributed by atoms with Gasteiger partial charge in [0, 0.05) is 24.5 Å². The molecule has 12 heteroatoms. The zero-order valence-corrected chi connectivity index (χ0v) is 18.0. The van der Waals surface area contributed by atoms with Crippen LogP contribution in [0.25, 0.3) is 0 Å². The van der Waals surface area contributed by atoms with E-state index < -0.39 is 35.0 Å². The summed E-state index contributed by atoms with van der Waals surface area (Å²) in [5, 5.41) is 21.9. The number of hydrogen-bond donors (Lipinski definition) is 3. The lowest BCUT2D eigenvalue weighted by molar-refractivity contribution is -0.133. The van der Waals surface area contributed by atoms with E-state index >= 15 is 0 Å². The molecule has 172 valence electrons. The number of hydrogen-bond acceptors (Lipinski definition) is 6. The lowest BCUT2D eigenvalue weighted by Crippen LogP contribution is -2.37. The van der Waals surface area contributed by atoms with E-state index in [2.05, 4.69) is 9.82 Å². The van der Waals surface area contributed by atoms with Crippen molar-refractivity contribution in [3.8, 4) is 0 Å². The number of aliphatic hydroxyl groups is 1. The maximum Gasteiger partial charge on any atom is 0.264 e. The molecule has 1 fully saturated rings. The molecule has 9 nitrogen and oxygen atoms in total. The lowest BCUT2D eigenvalue weighted by Gasteiger charge is -2.25. The number of rotatable bonds is 8. The van der Waals surface area contributed by atoms with Crippen molar-refractivity contribution in [2.75, 3.05) is 13.1 Å². The van der Waals surface area contributed by atoms with E-state index in [1.165, 1.54) is 11.8 Å². The van der Waals surface area contributed by atoms with Crippen LogP contribution < -0.4 is 4.72 Å². The first kappa shape index (κ1) is 23.5. The number of nitrogens with one attached hydrogen (secondary N) is 2. The molecule has 0 unspecified atom stereocenters. The zero-order chi connectivity index (χ0) is 23.5. The van der Waals surface area contributed by atoms with Crippen LogP contribution in [0.2, 0.25) is 0 Å². The number of carbonyl (C=O) groups is 1. The van der Waals surface area contributed by atoms with Gasteiger partial charge in [-0.2, -0.15) is 5.10 Å². The summed E-state index contributed by atoms with van der Waals surface area (Å²) in [4.78, 5) is 14.1. The predicted octanol–water partition coefficient (Wildman–Crippen LogP) is 1.34. The first-order chi connectivity index (χ1) is 15.1. The molecule has 0 spiro atoms. The number of nitrogens with zero attached hydrogens (tertiary/aromatic N) is 3. The van der Waals surface area contributed by atoms with Gasteiger partial charge < -0.3 is 15.4 Å². The molecular formula is C20H23F2N5O4S. The molecular weight excluding hydrogens is 444 g/mol. The third-order valence-corrected chi connectivity index (χ3v) is 6.21. The number of sulfonamides is 1. The van der Waals surface area contributed by atoms with E-state index in [9.17, 15) is 27.1 Å². The van der Waals surface area contributed by atoms with E-state index in [-0.39, 0.29) is 35.2 Å². The van der Waals surface area contributed by atoms with Crippen LogP contribution in [0.5, 0.6) is 0 Å². The predicted molar refractivity (Wildman–Crippen MR) is 112 cm³/mol. The Kier molecular flexibility index (Phi) is 7.04. The van der Waals surface area contributed by atoms with Crippen LogP contribution in [-0.2, 0) is 21.4 Å². The molecule has 3 N–H and O–H groups in total. The maximum absolute atomic E-state index is 13.0. The van der Waals surface area contributed by atoms with Crippen molar-refractivity contribution < 1.29 is 27.1 Å². The summed E-state index contributed by atoms with van der Waals surface area (Å²) < 4.78 is 52.7. The molecule has 1 saturated heterocycles. The molecule has 2 heterocycles. The van der Waals surface area contributed by atoms with Crippen molar-refractivity contribution >= 4 is 21.6 Å². The second-order valence-corrected chi connectivity index (χ2v) is 9.10. The van der Waals surface area contributed by atoms with Crippen LogP contribution in [0.3, 0.4) is 0 Å². The highest BCUT2D eigenvalue weighted by Gasteiger charge is 2.34. The monoisotopic (exact) mass is 467 g/mol. The largest absolute Gasteiger partial charge is 0.392 e. The van der Waals surface area contributed by atoms with Gasteiger partial charge in [-0.1, -0.05) is 30.3 Å². The quantitative estimate of drug-likeness (QED) is 0.540. The third-order valence-electron chi connectivity index (χ3n) is 4.95. The van der Waals surface area contributed by atoms with Crippen molar-refractivity contribution in [1.29, 1.82) is 5.41 Å². The van der Waals surface area contributed by atoms with Gasteiger partial charge in [0.05, 0.1) is 30.5 Å². The van der Waals surface area contributed by atoms with Gasteiger partial charge in [0.1, 0.15) is 11.4 Å². The van der Waals surface area contributed by atoms with Crippen molar-refractivity contribution in [2.24, 2.45) is 0 Å². The molecule has 0 aliphatic carbocycles. The Morgan fingerprint density at radius 1 is 1.31 bits per heavy atom. The van der Waals surface area contributed by atoms with Crippen molar-refractivity contribution in [3.63, 3.8) is 0 Å². The molecule has 2 aromatic rings. The van der Waals surface area contributed by atoms with E-state index in [1.54, 1.807) is 30.3 Å². The number of aromatic nitrogens is 2. The summed E-state index contributed by atoms with van der Waals surface area (Å²) >= 11 is 0. The van der Waals surface area contributed by atoms with Gasteiger partial charge in [-0.3, -0.25) is 14.2 Å². The Balaban J connectivity index is 1.72. The van der Waals surface area contributed by atoms with E-state index in [4.69, 9.17) is 5.41 Å². The number of carbonyl (C=O) groups excluding carboxylic acids is 1. The van der Waals surface area contributed by atoms with Gasteiger partial charge in [-0.25, -0.2) is 17.2 Å². The average Bonchev–Trinajstić information content (AvgIpc) is 3.34. The smallest absolute Gasteiger partial charge is 0.264 e. The zero-order valence-electron chi connectivity index (χ0n) is 17.1. The molecule has 0 saturated carbocycles. The molecule has 2 atom stereocenters. The minimum atomic E-state index is -4.09. The highest BCUT2D eigenvalue weighted by Crippen LogP contribution is 2.25. The number of halogens is 2. The van der Waals surface area contributed by atoms with Crippen LogP contribution in [0.4, 0.5) is 8.78 Å². The van der Waals surface area contributed by atoms with E-state index in [1.807, 2.05) is 0 Å². The standard InChI is InChI=1S/C20H23F2N5O4S/c1-13(28)19(14-5-3-2-4-6-14)20(29)26-9-15(17(23)11-26)7-25-32(30,31)16-8-24-27(10-16)12-18(21)22/h2-8,10,13,18-19,23,25,28H,9,11-12H2,1H3/b15-7-,23-17?/t13-,19+/m0/s1. The third kappa shape index (κ3) is 5.37. The number of alkyl halides is 2. The van der Waals surface area contributed by atoms with Crippen molar-refractivity contribution in [2.45, 2.75) is 36.8 Å². The van der Waals surface area contributed by atoms with Crippen LogP contribution in [-0.4, -0.2) is 65.4 Å². The summed E-state index contributed by atoms with van der Waals surface area (Å²) in [6.45, 7) is 0.732. The number of likely N-dealkylation sites (tertiary alicyclic amines) is 1. The summed E-state index contributed by atoms with van der Waals surface area (Å²) in [7, 11) is -4.09. The molecule has 1 aliphatic heterocycles. The number of benzene rings is 1. The molecule has 32 heavy (non-hydrogen) atoms. The van der Waals surface area contributed by atoms with Crippen molar-refractivity contribution in [1.82, 2.24) is 19.4 Å². The van der Waals surface area contributed by atoms with Gasteiger partial charge >= 0.3 is 0 Å². The number of amides is 1. The molecule has 1 amide bonds. The second-order valence-electron chi connectivity index (χ2n) is 7.38. The Morgan fingerprint density at radius 3 is 2.62 bits per heavy atom. The minimum Gasteiger partial charge on any atom is -0.392 e. The topological polar surface area (TPSA) is 128 Å². The average molecular weight is 467 g/mol. The summed E-state index contributed by atoms with van der Waals surface area (Å²) in [6, 6.07) is 8.77. The Hall–Kier alpha value is -3.12. The maximum atomic E-state index is 13.0. The fourth-order valence-corrected chi connectivity index (χ4v) is 4.24. The fourth-order valence-electron chi connectivity index (χ4n) is 3.36. The Labute approximate surface area is 183 Å². The van der Waals surface area contributed by atoms with Crippen LogP contribution in [0.15, 0.2) is 59.4 Å². The highest BCUT2D eigenvalue weighted by atomic mass is 32.2. The highest BCUT2D eigenvalue weighted by molar-refractivity contribution is 7.89. The van der Waals surface area contributed by atoms with Gasteiger partial charge in [0.25, 0.3) is 16.4 Å². The Bertz CT molecular complexity index is 1120. The molecule has 0 bridgehead atoms. The first-order valence-corrected chi connectivity index (χ1v) is 11.2. The normalized spacial score (nSPS) is 17.7. The number of aliphatic hydroxyl groups excluding tert-OH is 1. The molecule has 1 aliphatic rings. The van der Waals surface area contributed by atoms with Crippen LogP contribution >= 0.6 is 0 Å². The summed E-state index contributed by atoms with van der Waals surface area (Å²) in [6.07, 6.45) is -0.600. The first-order valence-electron chi connectivity index (χ1n) is 9.70. The molecule has 1 aromatic heterocycles. The fraction of sp³-hybridized carbons (Fsp3) is 0.350. The van der Waals surface area contributed by atoms with Gasteiger partial charge in [0.2, 0.25) is 5.91 Å². The molecule has 3 rings (SSSR count). The molecule has 1 aromatic carbocycles. The lowest BCUT2D eigenvalue weighted by atomic mass is 9.93. The SMILES string of the molecule is C[C@H](O)[C@@H](C(=O)N1CC(=N)/C(=C\NS(=O)(=O)c2cnn(CC(F)F)c2)C1)c1ccccc1. The van der Waals surface area contributed by atoms with E-state index in [0.29, 0.717) is 5.56 Å². The van der Waals surface area contributed by atoms with Crippen LogP contribution in [0.1, 0.15) is 18.4 Å². The Morgan fingerprint density at radius 2 is 2.00 bits per heavy atom. The minimum absolute atomic E-state index is 0.0130. The van der Waals surface area contributed by atoms with Gasteiger partial charge in [-0.05, 0) is 12.5 Å².